The van der Waals surface area contributed by atoms with Crippen LogP contribution in [0.3, 0.4) is 0 Å². The third-order valence-corrected chi connectivity index (χ3v) is 3.99. The van der Waals surface area contributed by atoms with Gasteiger partial charge in [0.2, 0.25) is 0 Å². The summed E-state index contributed by atoms with van der Waals surface area (Å²) in [5.74, 6) is 0.509. The van der Waals surface area contributed by atoms with E-state index in [1.165, 1.54) is 19.3 Å². The van der Waals surface area contributed by atoms with E-state index in [0.29, 0.717) is 12.5 Å². The maximum atomic E-state index is 5.98. The summed E-state index contributed by atoms with van der Waals surface area (Å²) in [4.78, 5) is 4.48. The largest absolute Gasteiger partial charge is 0.370 e. The molecule has 0 saturated heterocycles. The molecule has 0 aliphatic carbocycles. The van der Waals surface area contributed by atoms with E-state index in [4.69, 9.17) is 5.73 Å². The maximum absolute atomic E-state index is 5.98. The first-order valence-electron chi connectivity index (χ1n) is 8.77. The van der Waals surface area contributed by atoms with Gasteiger partial charge >= 0.3 is 0 Å². The van der Waals surface area contributed by atoms with Gasteiger partial charge in [-0.3, -0.25) is 0 Å². The first-order chi connectivity index (χ1) is 11.6. The Balaban J connectivity index is 2.00. The summed E-state index contributed by atoms with van der Waals surface area (Å²) in [6, 6.07) is 10.3. The van der Waals surface area contributed by atoms with Crippen molar-refractivity contribution in [3.8, 4) is 5.69 Å². The molecule has 0 unspecified atom stereocenters. The second-order valence-corrected chi connectivity index (χ2v) is 6.16. The average Bonchev–Trinajstić information content (AvgIpc) is 2.91. The van der Waals surface area contributed by atoms with Gasteiger partial charge in [0, 0.05) is 12.2 Å². The molecule has 0 bridgehead atoms. The minimum Gasteiger partial charge on any atom is -0.370 e. The second-order valence-electron chi connectivity index (χ2n) is 6.16. The number of hydrogen-bond donors (Lipinski definition) is 2. The minimum absolute atomic E-state index is 0.509. The second kappa shape index (κ2) is 9.11. The van der Waals surface area contributed by atoms with E-state index in [9.17, 15) is 0 Å². The monoisotopic (exact) mass is 327 g/mol. The van der Waals surface area contributed by atoms with Crippen LogP contribution in [0.15, 0.2) is 35.3 Å². The predicted molar refractivity (Wildman–Crippen MR) is 101 cm³/mol. The molecule has 1 aromatic carbocycles. The highest BCUT2D eigenvalue weighted by atomic mass is 15.3. The molecule has 24 heavy (non-hydrogen) atoms. The number of para-hydroxylation sites is 1. The Bertz CT molecular complexity index is 672. The zero-order valence-electron chi connectivity index (χ0n) is 15.0. The van der Waals surface area contributed by atoms with Crippen molar-refractivity contribution in [1.82, 2.24) is 15.1 Å². The fourth-order valence-electron chi connectivity index (χ4n) is 2.72. The van der Waals surface area contributed by atoms with Gasteiger partial charge in [0.25, 0.3) is 0 Å². The van der Waals surface area contributed by atoms with Gasteiger partial charge in [0.1, 0.15) is 0 Å². The average molecular weight is 327 g/mol. The molecular weight excluding hydrogens is 298 g/mol. The van der Waals surface area contributed by atoms with Crippen LogP contribution in [0.4, 0.5) is 0 Å². The van der Waals surface area contributed by atoms with Crippen LogP contribution in [0, 0.1) is 13.8 Å². The van der Waals surface area contributed by atoms with E-state index in [1.54, 1.807) is 0 Å². The number of hydrogen-bond acceptors (Lipinski definition) is 2. The number of guanidine groups is 1. The number of unbranched alkanes of at least 4 members (excludes halogenated alkanes) is 3. The Morgan fingerprint density at radius 2 is 2.00 bits per heavy atom. The summed E-state index contributed by atoms with van der Waals surface area (Å²) in [7, 11) is 0. The van der Waals surface area contributed by atoms with Crippen LogP contribution >= 0.6 is 0 Å². The Kier molecular flexibility index (Phi) is 6.85. The molecule has 0 aliphatic heterocycles. The Morgan fingerprint density at radius 1 is 1.21 bits per heavy atom. The van der Waals surface area contributed by atoms with Crippen LogP contribution in [0.2, 0.25) is 0 Å². The van der Waals surface area contributed by atoms with E-state index in [-0.39, 0.29) is 0 Å². The summed E-state index contributed by atoms with van der Waals surface area (Å²) in [6.07, 6.45) is 4.88. The van der Waals surface area contributed by atoms with E-state index >= 15 is 0 Å². The van der Waals surface area contributed by atoms with E-state index < -0.39 is 0 Å². The third kappa shape index (κ3) is 5.11. The van der Waals surface area contributed by atoms with Crippen molar-refractivity contribution in [3.63, 3.8) is 0 Å². The minimum atomic E-state index is 0.509. The lowest BCUT2D eigenvalue weighted by molar-refractivity contribution is 0.652. The van der Waals surface area contributed by atoms with Crippen LogP contribution in [0.5, 0.6) is 0 Å². The van der Waals surface area contributed by atoms with Crippen LogP contribution in [0.25, 0.3) is 5.69 Å². The predicted octanol–water partition coefficient (Wildman–Crippen LogP) is 3.47. The molecule has 0 amide bonds. The number of rotatable bonds is 8. The van der Waals surface area contributed by atoms with Crippen molar-refractivity contribution < 1.29 is 0 Å². The highest BCUT2D eigenvalue weighted by molar-refractivity contribution is 5.77. The molecule has 1 heterocycles. The van der Waals surface area contributed by atoms with Crippen LogP contribution in [-0.4, -0.2) is 22.3 Å². The van der Waals surface area contributed by atoms with Gasteiger partial charge in [-0.15, -0.1) is 0 Å². The summed E-state index contributed by atoms with van der Waals surface area (Å²) >= 11 is 0. The standard InChI is InChI=1S/C19H29N5/c1-4-5-6-9-12-21-19(20)22-14-17-10-7-8-11-18(17)24-16(3)13-15(2)23-24/h7-8,10-11,13H,4-6,9,12,14H2,1-3H3,(H3,20,21,22). The molecule has 0 spiro atoms. The fraction of sp³-hybridized carbons (Fsp3) is 0.474. The summed E-state index contributed by atoms with van der Waals surface area (Å²) < 4.78 is 1.97. The number of nitrogens with zero attached hydrogens (tertiary/aromatic N) is 3. The maximum Gasteiger partial charge on any atom is 0.188 e. The lowest BCUT2D eigenvalue weighted by atomic mass is 10.2. The molecule has 0 aliphatic rings. The molecular formula is C19H29N5. The molecule has 0 fully saturated rings. The van der Waals surface area contributed by atoms with E-state index in [2.05, 4.69) is 47.5 Å². The van der Waals surface area contributed by atoms with Gasteiger partial charge < -0.3 is 11.1 Å². The number of nitrogens with two attached hydrogens (primary N) is 1. The molecule has 5 nitrogen and oxygen atoms in total. The Labute approximate surface area is 145 Å². The van der Waals surface area contributed by atoms with Gasteiger partial charge in [0.05, 0.1) is 17.9 Å². The zero-order valence-corrected chi connectivity index (χ0v) is 15.0. The van der Waals surface area contributed by atoms with Crippen LogP contribution in [-0.2, 0) is 6.54 Å². The highest BCUT2D eigenvalue weighted by Crippen LogP contribution is 2.17. The van der Waals surface area contributed by atoms with Crippen molar-refractivity contribution in [3.05, 3.63) is 47.3 Å². The van der Waals surface area contributed by atoms with Crippen molar-refractivity contribution in [2.24, 2.45) is 10.7 Å². The molecule has 2 aromatic rings. The summed E-state index contributed by atoms with van der Waals surface area (Å²) in [5, 5.41) is 7.76. The highest BCUT2D eigenvalue weighted by Gasteiger charge is 2.08. The summed E-state index contributed by atoms with van der Waals surface area (Å²) in [6.45, 7) is 7.71. The molecule has 0 saturated carbocycles. The van der Waals surface area contributed by atoms with Crippen molar-refractivity contribution in [2.75, 3.05) is 6.54 Å². The zero-order chi connectivity index (χ0) is 17.4. The first-order valence-corrected chi connectivity index (χ1v) is 8.77. The Hall–Kier alpha value is -2.30. The molecule has 2 rings (SSSR count). The van der Waals surface area contributed by atoms with E-state index in [0.717, 1.165) is 35.6 Å². The fourth-order valence-corrected chi connectivity index (χ4v) is 2.72. The van der Waals surface area contributed by atoms with Crippen molar-refractivity contribution in [2.45, 2.75) is 53.0 Å². The van der Waals surface area contributed by atoms with Gasteiger partial charge in [0.15, 0.2) is 5.96 Å². The quantitative estimate of drug-likeness (QED) is 0.443. The van der Waals surface area contributed by atoms with Gasteiger partial charge in [-0.2, -0.15) is 5.10 Å². The van der Waals surface area contributed by atoms with Crippen molar-refractivity contribution in [1.29, 1.82) is 0 Å². The normalized spacial score (nSPS) is 11.7. The summed E-state index contributed by atoms with van der Waals surface area (Å²) in [5.41, 5.74) is 10.3. The van der Waals surface area contributed by atoms with Gasteiger partial charge in [-0.25, -0.2) is 9.67 Å². The number of benzene rings is 1. The molecule has 0 radical (unpaired) electrons. The molecule has 130 valence electrons. The Morgan fingerprint density at radius 3 is 2.71 bits per heavy atom. The number of aromatic nitrogens is 2. The van der Waals surface area contributed by atoms with Crippen molar-refractivity contribution >= 4 is 5.96 Å². The molecule has 3 N–H and O–H groups in total. The lowest BCUT2D eigenvalue weighted by Gasteiger charge is -2.10. The van der Waals surface area contributed by atoms with Gasteiger partial charge in [-0.1, -0.05) is 44.4 Å². The molecule has 0 atom stereocenters. The van der Waals surface area contributed by atoms with Crippen LogP contribution < -0.4 is 11.1 Å². The van der Waals surface area contributed by atoms with Crippen LogP contribution in [0.1, 0.15) is 49.6 Å². The number of nitrogens with one attached hydrogen (secondary N) is 1. The number of aliphatic imine (C=N–C) groups is 1. The SMILES string of the molecule is CCCCCCNC(N)=NCc1ccccc1-n1nc(C)cc1C. The lowest BCUT2D eigenvalue weighted by Crippen LogP contribution is -2.32. The topological polar surface area (TPSA) is 68.2 Å². The molecule has 5 heteroatoms. The van der Waals surface area contributed by atoms with Gasteiger partial charge in [-0.05, 0) is 38.0 Å². The third-order valence-electron chi connectivity index (χ3n) is 3.99. The smallest absolute Gasteiger partial charge is 0.188 e. The molecule has 1 aromatic heterocycles. The number of aryl methyl sites for hydroxylation is 2. The van der Waals surface area contributed by atoms with E-state index in [1.807, 2.05) is 23.7 Å². The first kappa shape index (κ1) is 18.0.